The van der Waals surface area contributed by atoms with E-state index in [1.54, 1.807) is 41.1 Å². The number of imidazole rings is 2. The van der Waals surface area contributed by atoms with Crippen LogP contribution < -0.4 is 10.4 Å². The molecule has 5 aromatic rings. The number of hydrogen-bond donors (Lipinski definition) is 1. The molecule has 0 amide bonds. The first-order chi connectivity index (χ1) is 15.6. The van der Waals surface area contributed by atoms with Crippen LogP contribution in [0.5, 0.6) is 5.75 Å². The van der Waals surface area contributed by atoms with Crippen LogP contribution in [-0.2, 0) is 0 Å². The molecule has 5 heterocycles. The normalized spacial score (nSPS) is 15.4. The second kappa shape index (κ2) is 6.75. The van der Waals surface area contributed by atoms with Crippen molar-refractivity contribution in [2.24, 2.45) is 0 Å². The average Bonchev–Trinajstić information content (AvgIpc) is 3.38. The zero-order valence-electron chi connectivity index (χ0n) is 16.5. The van der Waals surface area contributed by atoms with Crippen molar-refractivity contribution in [1.82, 2.24) is 28.9 Å². The second-order valence-corrected chi connectivity index (χ2v) is 7.44. The number of para-hydroxylation sites is 1. The van der Waals surface area contributed by atoms with E-state index >= 15 is 0 Å². The molecule has 0 saturated carbocycles. The summed E-state index contributed by atoms with van der Waals surface area (Å²) in [5.41, 5.74) is 2.78. The molecule has 1 aromatic carbocycles. The SMILES string of the molecule is N#Cc1ccc2ncc(-c3ncc4[nH]c(=O)n([C@@H]5CCOc6c(F)cccc65)c4n3)n2c1. The standard InChI is InChI=1S/C22H14FN7O2/c23-14-3-1-2-13-16(6-7-32-19(13)14)30-21-15(27-22(30)31)9-26-20(28-21)17-10-25-18-5-4-12(8-24)11-29(17)18/h1-5,9-11,16H,6-7H2,(H,27,31)/t16-/m1/s1. The highest BCUT2D eigenvalue weighted by Crippen LogP contribution is 2.37. The van der Waals surface area contributed by atoms with Gasteiger partial charge in [0.05, 0.1) is 30.6 Å². The predicted molar refractivity (Wildman–Crippen MR) is 112 cm³/mol. The third-order valence-corrected chi connectivity index (χ3v) is 5.63. The fourth-order valence-electron chi connectivity index (χ4n) is 4.18. The molecule has 1 aliphatic rings. The van der Waals surface area contributed by atoms with Crippen molar-refractivity contribution in [3.63, 3.8) is 0 Å². The number of H-pyrrole nitrogens is 1. The highest BCUT2D eigenvalue weighted by Gasteiger charge is 2.28. The van der Waals surface area contributed by atoms with Gasteiger partial charge in [0.25, 0.3) is 0 Å². The minimum absolute atomic E-state index is 0.157. The number of ether oxygens (including phenoxy) is 1. The van der Waals surface area contributed by atoms with Crippen LogP contribution in [-0.4, -0.2) is 35.5 Å². The van der Waals surface area contributed by atoms with Gasteiger partial charge in [-0.05, 0) is 18.2 Å². The van der Waals surface area contributed by atoms with Gasteiger partial charge in [-0.2, -0.15) is 5.26 Å². The van der Waals surface area contributed by atoms with E-state index < -0.39 is 11.9 Å². The van der Waals surface area contributed by atoms with Crippen LogP contribution in [0.1, 0.15) is 23.6 Å². The third-order valence-electron chi connectivity index (χ3n) is 5.63. The maximum atomic E-state index is 14.3. The Hall–Kier alpha value is -4.52. The van der Waals surface area contributed by atoms with Crippen molar-refractivity contribution in [3.8, 4) is 23.3 Å². The van der Waals surface area contributed by atoms with E-state index in [0.717, 1.165) is 0 Å². The van der Waals surface area contributed by atoms with Gasteiger partial charge >= 0.3 is 5.69 Å². The molecule has 1 atom stereocenters. The molecule has 1 aliphatic heterocycles. The number of benzene rings is 1. The van der Waals surface area contributed by atoms with Crippen LogP contribution in [0.3, 0.4) is 0 Å². The summed E-state index contributed by atoms with van der Waals surface area (Å²) in [5, 5.41) is 9.23. The van der Waals surface area contributed by atoms with Crippen LogP contribution >= 0.6 is 0 Å². The largest absolute Gasteiger partial charge is 0.490 e. The Bertz CT molecular complexity index is 1630. The summed E-state index contributed by atoms with van der Waals surface area (Å²) < 4.78 is 23.0. The van der Waals surface area contributed by atoms with Gasteiger partial charge in [-0.1, -0.05) is 12.1 Å². The minimum Gasteiger partial charge on any atom is -0.490 e. The van der Waals surface area contributed by atoms with Gasteiger partial charge in [0, 0.05) is 18.2 Å². The lowest BCUT2D eigenvalue weighted by Gasteiger charge is -2.26. The summed E-state index contributed by atoms with van der Waals surface area (Å²) in [4.78, 5) is 29.1. The molecule has 1 N–H and O–H groups in total. The molecule has 0 radical (unpaired) electrons. The number of nitriles is 1. The summed E-state index contributed by atoms with van der Waals surface area (Å²) in [7, 11) is 0. The Morgan fingerprint density at radius 1 is 1.22 bits per heavy atom. The quantitative estimate of drug-likeness (QED) is 0.463. The zero-order chi connectivity index (χ0) is 21.8. The van der Waals surface area contributed by atoms with Gasteiger partial charge in [-0.25, -0.2) is 24.1 Å². The Morgan fingerprint density at radius 3 is 3.00 bits per heavy atom. The number of rotatable bonds is 2. The van der Waals surface area contributed by atoms with E-state index in [9.17, 15) is 14.4 Å². The van der Waals surface area contributed by atoms with Gasteiger partial charge in [0.2, 0.25) is 0 Å². The molecule has 156 valence electrons. The highest BCUT2D eigenvalue weighted by atomic mass is 19.1. The lowest BCUT2D eigenvalue weighted by molar-refractivity contribution is 0.244. The number of nitrogens with one attached hydrogen (secondary N) is 1. The smallest absolute Gasteiger partial charge is 0.328 e. The number of nitrogens with zero attached hydrogens (tertiary/aromatic N) is 6. The van der Waals surface area contributed by atoms with Crippen LogP contribution in [0.15, 0.2) is 53.7 Å². The molecule has 0 saturated heterocycles. The average molecular weight is 427 g/mol. The van der Waals surface area contributed by atoms with E-state index in [2.05, 4.69) is 26.0 Å². The van der Waals surface area contributed by atoms with E-state index in [1.807, 2.05) is 0 Å². The van der Waals surface area contributed by atoms with Crippen molar-refractivity contribution in [3.05, 3.63) is 76.4 Å². The zero-order valence-corrected chi connectivity index (χ0v) is 16.5. The van der Waals surface area contributed by atoms with Crippen LogP contribution in [0.2, 0.25) is 0 Å². The number of pyridine rings is 1. The first kappa shape index (κ1) is 18.3. The lowest BCUT2D eigenvalue weighted by atomic mass is 10.00. The summed E-state index contributed by atoms with van der Waals surface area (Å²) in [5.74, 6) is 0.0406. The Labute approximate surface area is 179 Å². The van der Waals surface area contributed by atoms with Gasteiger partial charge in [-0.3, -0.25) is 8.97 Å². The molecule has 0 unspecified atom stereocenters. The fraction of sp³-hybridized carbons (Fsp3) is 0.136. The molecule has 0 spiro atoms. The maximum absolute atomic E-state index is 14.3. The van der Waals surface area contributed by atoms with Crippen molar-refractivity contribution in [2.75, 3.05) is 6.61 Å². The molecule has 32 heavy (non-hydrogen) atoms. The summed E-state index contributed by atoms with van der Waals surface area (Å²) in [6.45, 7) is 0.278. The molecule has 4 aromatic heterocycles. The summed E-state index contributed by atoms with van der Waals surface area (Å²) >= 11 is 0. The molecular weight excluding hydrogens is 413 g/mol. The van der Waals surface area contributed by atoms with Gasteiger partial charge in [0.1, 0.15) is 22.9 Å². The maximum Gasteiger partial charge on any atom is 0.328 e. The number of aromatic nitrogens is 6. The summed E-state index contributed by atoms with van der Waals surface area (Å²) in [6.07, 6.45) is 5.30. The third kappa shape index (κ3) is 2.61. The van der Waals surface area contributed by atoms with Crippen molar-refractivity contribution < 1.29 is 9.13 Å². The number of aromatic amines is 1. The molecule has 0 bridgehead atoms. The molecule has 0 fully saturated rings. The van der Waals surface area contributed by atoms with E-state index in [1.165, 1.54) is 16.8 Å². The molecular formula is C22H14FN7O2. The highest BCUT2D eigenvalue weighted by molar-refractivity contribution is 5.73. The van der Waals surface area contributed by atoms with Crippen molar-refractivity contribution in [1.29, 1.82) is 5.26 Å². The van der Waals surface area contributed by atoms with Crippen LogP contribution in [0.4, 0.5) is 4.39 Å². The molecule has 10 heteroatoms. The molecule has 0 aliphatic carbocycles. The Kier molecular flexibility index (Phi) is 3.85. The second-order valence-electron chi connectivity index (χ2n) is 7.44. The lowest BCUT2D eigenvalue weighted by Crippen LogP contribution is -2.28. The summed E-state index contributed by atoms with van der Waals surface area (Å²) in [6, 6.07) is 9.77. The first-order valence-electron chi connectivity index (χ1n) is 9.90. The first-order valence-corrected chi connectivity index (χ1v) is 9.90. The Balaban J connectivity index is 1.56. The predicted octanol–water partition coefficient (Wildman–Crippen LogP) is 2.82. The monoisotopic (exact) mass is 427 g/mol. The van der Waals surface area contributed by atoms with Crippen molar-refractivity contribution >= 4 is 16.8 Å². The molecule has 6 rings (SSSR count). The van der Waals surface area contributed by atoms with E-state index in [-0.39, 0.29) is 18.0 Å². The van der Waals surface area contributed by atoms with E-state index in [0.29, 0.717) is 45.9 Å². The van der Waals surface area contributed by atoms with Crippen molar-refractivity contribution in [2.45, 2.75) is 12.5 Å². The van der Waals surface area contributed by atoms with Crippen LogP contribution in [0.25, 0.3) is 28.3 Å². The number of hydrogen-bond acceptors (Lipinski definition) is 6. The number of fused-ring (bicyclic) bond motifs is 3. The van der Waals surface area contributed by atoms with Gasteiger partial charge < -0.3 is 9.72 Å². The van der Waals surface area contributed by atoms with E-state index in [4.69, 9.17) is 4.74 Å². The van der Waals surface area contributed by atoms with Crippen LogP contribution in [0, 0.1) is 17.1 Å². The Morgan fingerprint density at radius 2 is 2.12 bits per heavy atom. The fourth-order valence-corrected chi connectivity index (χ4v) is 4.18. The number of halogens is 1. The topological polar surface area (TPSA) is 114 Å². The molecule has 9 nitrogen and oxygen atoms in total. The van der Waals surface area contributed by atoms with Gasteiger partial charge in [-0.15, -0.1) is 0 Å². The van der Waals surface area contributed by atoms with Gasteiger partial charge in [0.15, 0.2) is 23.0 Å². The minimum atomic E-state index is -0.463.